The highest BCUT2D eigenvalue weighted by Crippen LogP contribution is 2.47. The second kappa shape index (κ2) is 5.46. The smallest absolute Gasteiger partial charge is 0.321 e. The lowest BCUT2D eigenvalue weighted by Crippen LogP contribution is -2.48. The highest BCUT2D eigenvalue weighted by molar-refractivity contribution is 5.99. The first-order valence-electron chi connectivity index (χ1n) is 7.97. The molecule has 1 aliphatic carbocycles. The number of phenolic OH excluding ortho intramolecular Hbond substituents is 1. The minimum Gasteiger partial charge on any atom is -0.508 e. The van der Waals surface area contributed by atoms with Crippen LogP contribution in [0.15, 0.2) is 66.7 Å². The molecule has 0 saturated carbocycles. The maximum absolute atomic E-state index is 12.5. The number of aliphatic carboxylic acids is 1. The molecule has 3 aromatic carbocycles. The van der Waals surface area contributed by atoms with Gasteiger partial charge in [-0.2, -0.15) is 0 Å². The number of carbonyl (C=O) groups is 1. The number of fused-ring (bicyclic) bond motifs is 2. The highest BCUT2D eigenvalue weighted by atomic mass is 16.4. The van der Waals surface area contributed by atoms with Gasteiger partial charge in [-0.1, -0.05) is 66.7 Å². The van der Waals surface area contributed by atoms with Crippen molar-refractivity contribution in [3.05, 3.63) is 83.4 Å². The van der Waals surface area contributed by atoms with Gasteiger partial charge in [0.05, 0.1) is 6.10 Å². The second-order valence-corrected chi connectivity index (χ2v) is 6.19. The van der Waals surface area contributed by atoms with Crippen molar-refractivity contribution in [1.29, 1.82) is 0 Å². The molecule has 2 atom stereocenters. The van der Waals surface area contributed by atoms with E-state index in [0.29, 0.717) is 16.5 Å². The predicted molar refractivity (Wildman–Crippen MR) is 95.5 cm³/mol. The summed E-state index contributed by atoms with van der Waals surface area (Å²) in [6.07, 6.45) is 1.87. The Balaban J connectivity index is 2.19. The molecule has 0 saturated heterocycles. The summed E-state index contributed by atoms with van der Waals surface area (Å²) in [5.41, 5.74) is -0.398. The molecule has 4 heteroatoms. The summed E-state index contributed by atoms with van der Waals surface area (Å²) in [5.74, 6) is -1.35. The van der Waals surface area contributed by atoms with Crippen molar-refractivity contribution in [1.82, 2.24) is 0 Å². The second-order valence-electron chi connectivity index (χ2n) is 6.19. The Kier molecular flexibility index (Phi) is 3.37. The van der Waals surface area contributed by atoms with E-state index in [1.807, 2.05) is 18.2 Å². The van der Waals surface area contributed by atoms with Crippen LogP contribution in [0.5, 0.6) is 5.75 Å². The number of hydrogen-bond donors (Lipinski definition) is 3. The molecule has 2 unspecified atom stereocenters. The van der Waals surface area contributed by atoms with Crippen LogP contribution in [0.1, 0.15) is 16.7 Å². The van der Waals surface area contributed by atoms with Crippen LogP contribution in [0.2, 0.25) is 0 Å². The number of rotatable bonds is 2. The van der Waals surface area contributed by atoms with Gasteiger partial charge in [0.1, 0.15) is 5.75 Å². The van der Waals surface area contributed by atoms with Gasteiger partial charge in [-0.3, -0.25) is 4.79 Å². The number of carboxylic acids is 1. The summed E-state index contributed by atoms with van der Waals surface area (Å²) >= 11 is 0. The van der Waals surface area contributed by atoms with Crippen molar-refractivity contribution >= 4 is 22.8 Å². The van der Waals surface area contributed by atoms with Gasteiger partial charge < -0.3 is 15.3 Å². The van der Waals surface area contributed by atoms with Crippen LogP contribution in [-0.4, -0.2) is 27.4 Å². The van der Waals surface area contributed by atoms with Gasteiger partial charge in [-0.25, -0.2) is 0 Å². The molecular weight excluding hydrogens is 316 g/mol. The monoisotopic (exact) mass is 332 g/mol. The number of benzene rings is 3. The predicted octanol–water partition coefficient (Wildman–Crippen LogP) is 3.30. The maximum Gasteiger partial charge on any atom is 0.321 e. The molecule has 124 valence electrons. The van der Waals surface area contributed by atoms with Gasteiger partial charge in [-0.15, -0.1) is 0 Å². The zero-order chi connectivity index (χ0) is 17.6. The number of hydrogen-bond acceptors (Lipinski definition) is 3. The van der Waals surface area contributed by atoms with Crippen LogP contribution in [0.4, 0.5) is 0 Å². The standard InChI is InChI=1S/C21H16O4/c22-17-11-9-13-5-1-3-7-15(13)19(17)21(20(24)25)16-8-4-2-6-14(16)10-12-18(21)23/h1-12,18,22-23H,(H,24,25). The molecule has 4 nitrogen and oxygen atoms in total. The van der Waals surface area contributed by atoms with Crippen molar-refractivity contribution in [2.45, 2.75) is 11.5 Å². The first-order chi connectivity index (χ1) is 12.1. The molecule has 0 spiro atoms. The fourth-order valence-electron chi connectivity index (χ4n) is 3.81. The third-order valence-corrected chi connectivity index (χ3v) is 4.93. The zero-order valence-electron chi connectivity index (χ0n) is 13.3. The molecule has 0 bridgehead atoms. The minimum absolute atomic E-state index is 0.148. The highest BCUT2D eigenvalue weighted by Gasteiger charge is 2.52. The van der Waals surface area contributed by atoms with Crippen LogP contribution in [0.25, 0.3) is 16.8 Å². The van der Waals surface area contributed by atoms with E-state index in [0.717, 1.165) is 5.39 Å². The molecule has 3 aromatic rings. The Morgan fingerprint density at radius 2 is 1.68 bits per heavy atom. The lowest BCUT2D eigenvalue weighted by atomic mass is 9.65. The lowest BCUT2D eigenvalue weighted by molar-refractivity contribution is -0.145. The van der Waals surface area contributed by atoms with Gasteiger partial charge in [0.25, 0.3) is 0 Å². The largest absolute Gasteiger partial charge is 0.508 e. The van der Waals surface area contributed by atoms with Crippen LogP contribution in [-0.2, 0) is 10.2 Å². The average molecular weight is 332 g/mol. The molecule has 0 aliphatic heterocycles. The summed E-state index contributed by atoms with van der Waals surface area (Å²) in [5, 5.41) is 33.1. The van der Waals surface area contributed by atoms with Gasteiger partial charge in [0, 0.05) is 5.56 Å². The Hall–Kier alpha value is -3.11. The third-order valence-electron chi connectivity index (χ3n) is 4.93. The van der Waals surface area contributed by atoms with Crippen LogP contribution in [0, 0.1) is 0 Å². The van der Waals surface area contributed by atoms with Crippen molar-refractivity contribution < 1.29 is 20.1 Å². The van der Waals surface area contributed by atoms with E-state index in [1.54, 1.807) is 42.5 Å². The Bertz CT molecular complexity index is 1020. The van der Waals surface area contributed by atoms with Crippen LogP contribution in [0.3, 0.4) is 0 Å². The fraction of sp³-hybridized carbons (Fsp3) is 0.0952. The first-order valence-corrected chi connectivity index (χ1v) is 7.97. The molecule has 3 N–H and O–H groups in total. The van der Waals surface area contributed by atoms with E-state index in [2.05, 4.69) is 0 Å². The summed E-state index contributed by atoms with van der Waals surface area (Å²) in [6, 6.07) is 17.5. The molecule has 0 heterocycles. The van der Waals surface area contributed by atoms with Crippen molar-refractivity contribution in [3.8, 4) is 5.75 Å². The van der Waals surface area contributed by atoms with E-state index in [1.165, 1.54) is 12.1 Å². The topological polar surface area (TPSA) is 77.8 Å². The molecule has 0 amide bonds. The molecule has 1 aliphatic rings. The van der Waals surface area contributed by atoms with E-state index in [9.17, 15) is 20.1 Å². The molecule has 0 aromatic heterocycles. The molecule has 0 fully saturated rings. The molecule has 0 radical (unpaired) electrons. The van der Waals surface area contributed by atoms with E-state index >= 15 is 0 Å². The van der Waals surface area contributed by atoms with Crippen molar-refractivity contribution in [2.24, 2.45) is 0 Å². The van der Waals surface area contributed by atoms with Gasteiger partial charge in [0.2, 0.25) is 0 Å². The van der Waals surface area contributed by atoms with E-state index < -0.39 is 17.5 Å². The summed E-state index contributed by atoms with van der Waals surface area (Å²) in [7, 11) is 0. The molecule has 4 rings (SSSR count). The summed E-state index contributed by atoms with van der Waals surface area (Å²) in [6.45, 7) is 0. The molecular formula is C21H16O4. The minimum atomic E-state index is -1.78. The van der Waals surface area contributed by atoms with E-state index in [-0.39, 0.29) is 11.3 Å². The number of aromatic hydroxyl groups is 1. The number of aliphatic hydroxyl groups excluding tert-OH is 1. The van der Waals surface area contributed by atoms with Crippen molar-refractivity contribution in [3.63, 3.8) is 0 Å². The Labute approximate surface area is 144 Å². The molecule has 25 heavy (non-hydrogen) atoms. The average Bonchev–Trinajstić information content (AvgIpc) is 2.62. The fourth-order valence-corrected chi connectivity index (χ4v) is 3.81. The Morgan fingerprint density at radius 3 is 2.48 bits per heavy atom. The Morgan fingerprint density at radius 1 is 0.960 bits per heavy atom. The number of phenols is 1. The van der Waals surface area contributed by atoms with Gasteiger partial charge >= 0.3 is 5.97 Å². The van der Waals surface area contributed by atoms with Gasteiger partial charge in [0.15, 0.2) is 5.41 Å². The first kappa shape index (κ1) is 15.4. The number of aliphatic hydroxyl groups is 1. The van der Waals surface area contributed by atoms with Crippen LogP contribution < -0.4 is 0 Å². The lowest BCUT2D eigenvalue weighted by Gasteiger charge is -2.38. The zero-order valence-corrected chi connectivity index (χ0v) is 13.3. The summed E-state index contributed by atoms with van der Waals surface area (Å²) < 4.78 is 0. The number of carboxylic acid groups (broad SMARTS) is 1. The van der Waals surface area contributed by atoms with E-state index in [4.69, 9.17) is 0 Å². The normalized spacial score (nSPS) is 21.9. The quantitative estimate of drug-likeness (QED) is 0.673. The third kappa shape index (κ3) is 2.01. The van der Waals surface area contributed by atoms with Crippen molar-refractivity contribution in [2.75, 3.05) is 0 Å². The summed E-state index contributed by atoms with van der Waals surface area (Å²) in [4.78, 5) is 12.5. The SMILES string of the molecule is O=C(O)C1(c2c(O)ccc3ccccc23)c2ccccc2C=CC1O. The van der Waals surface area contributed by atoms with Gasteiger partial charge in [-0.05, 0) is 28.0 Å². The van der Waals surface area contributed by atoms with Crippen LogP contribution >= 0.6 is 0 Å². The maximum atomic E-state index is 12.5.